The van der Waals surface area contributed by atoms with Gasteiger partial charge in [0.25, 0.3) is 5.91 Å². The van der Waals surface area contributed by atoms with Crippen molar-refractivity contribution in [1.82, 2.24) is 0 Å². The number of hydrogen-bond acceptors (Lipinski definition) is 6. The van der Waals surface area contributed by atoms with Crippen LogP contribution in [0.25, 0.3) is 0 Å². The summed E-state index contributed by atoms with van der Waals surface area (Å²) < 4.78 is 15.2. The first-order valence-corrected chi connectivity index (χ1v) is 7.97. The lowest BCUT2D eigenvalue weighted by Crippen LogP contribution is -2.27. The number of benzene rings is 1. The number of carbonyl (C=O) groups excluding carboxylic acids is 3. The molecule has 0 bridgehead atoms. The Labute approximate surface area is 140 Å². The van der Waals surface area contributed by atoms with Gasteiger partial charge in [0.15, 0.2) is 0 Å². The van der Waals surface area contributed by atoms with Gasteiger partial charge in [-0.05, 0) is 44.9 Å². The molecule has 0 radical (unpaired) electrons. The Bertz CT molecular complexity index is 585. The van der Waals surface area contributed by atoms with Crippen molar-refractivity contribution in [3.8, 4) is 0 Å². The molecule has 1 aliphatic heterocycles. The maximum Gasteiger partial charge on any atom is 0.338 e. The number of esters is 2. The second-order valence-corrected chi connectivity index (χ2v) is 5.23. The Morgan fingerprint density at radius 1 is 1.08 bits per heavy atom. The minimum Gasteiger partial charge on any atom is -0.462 e. The number of hydrogen-bond donors (Lipinski definition) is 1. The fourth-order valence-corrected chi connectivity index (χ4v) is 2.37. The van der Waals surface area contributed by atoms with Crippen molar-refractivity contribution in [3.63, 3.8) is 0 Å². The van der Waals surface area contributed by atoms with E-state index in [0.717, 1.165) is 6.42 Å². The zero-order valence-corrected chi connectivity index (χ0v) is 13.8. The lowest BCUT2D eigenvalue weighted by Gasteiger charge is -2.13. The number of rotatable bonds is 6. The molecule has 1 N–H and O–H groups in total. The second kappa shape index (κ2) is 8.44. The summed E-state index contributed by atoms with van der Waals surface area (Å²) in [6.45, 7) is 4.34. The van der Waals surface area contributed by atoms with Crippen molar-refractivity contribution >= 4 is 23.5 Å². The summed E-state index contributed by atoms with van der Waals surface area (Å²) in [7, 11) is 0. The largest absolute Gasteiger partial charge is 0.462 e. The molecule has 1 saturated heterocycles. The summed E-state index contributed by atoms with van der Waals surface area (Å²) >= 11 is 0. The molecule has 130 valence electrons. The molecule has 7 nitrogen and oxygen atoms in total. The normalized spacial score (nSPS) is 16.5. The standard InChI is InChI=1S/C17H21NO6/c1-3-22-16(20)11-8-12(17(21)23-4-2)10-13(9-11)18-15(19)14-6-5-7-24-14/h8-10,14H,3-7H2,1-2H3,(H,18,19)/t14-/m1/s1. The molecule has 1 atom stereocenters. The summed E-state index contributed by atoms with van der Waals surface area (Å²) in [6.07, 6.45) is 0.964. The lowest BCUT2D eigenvalue weighted by atomic mass is 10.1. The van der Waals surface area contributed by atoms with E-state index in [1.165, 1.54) is 18.2 Å². The topological polar surface area (TPSA) is 90.9 Å². The van der Waals surface area contributed by atoms with Gasteiger partial charge < -0.3 is 19.5 Å². The molecule has 24 heavy (non-hydrogen) atoms. The molecular weight excluding hydrogens is 314 g/mol. The third-order valence-corrected chi connectivity index (χ3v) is 3.44. The highest BCUT2D eigenvalue weighted by atomic mass is 16.5. The third kappa shape index (κ3) is 4.55. The van der Waals surface area contributed by atoms with Gasteiger partial charge in [-0.15, -0.1) is 0 Å². The van der Waals surface area contributed by atoms with Crippen molar-refractivity contribution in [2.75, 3.05) is 25.1 Å². The van der Waals surface area contributed by atoms with Crippen LogP contribution in [0.5, 0.6) is 0 Å². The van der Waals surface area contributed by atoms with Gasteiger partial charge in [0.2, 0.25) is 0 Å². The Morgan fingerprint density at radius 2 is 1.67 bits per heavy atom. The lowest BCUT2D eigenvalue weighted by molar-refractivity contribution is -0.124. The Kier molecular flexibility index (Phi) is 6.31. The van der Waals surface area contributed by atoms with Gasteiger partial charge in [-0.3, -0.25) is 4.79 Å². The molecule has 2 rings (SSSR count). The van der Waals surface area contributed by atoms with Crippen LogP contribution in [0.1, 0.15) is 47.4 Å². The first-order valence-electron chi connectivity index (χ1n) is 7.97. The first-order chi connectivity index (χ1) is 11.5. The van der Waals surface area contributed by atoms with Crippen LogP contribution in [-0.4, -0.2) is 43.8 Å². The second-order valence-electron chi connectivity index (χ2n) is 5.23. The molecule has 1 aromatic carbocycles. The maximum atomic E-state index is 12.2. The van der Waals surface area contributed by atoms with Gasteiger partial charge in [0, 0.05) is 12.3 Å². The van der Waals surface area contributed by atoms with Crippen molar-refractivity contribution in [3.05, 3.63) is 29.3 Å². The van der Waals surface area contributed by atoms with Crippen molar-refractivity contribution in [2.45, 2.75) is 32.8 Å². The molecule has 1 aliphatic rings. The fraction of sp³-hybridized carbons (Fsp3) is 0.471. The fourth-order valence-electron chi connectivity index (χ4n) is 2.37. The number of amides is 1. The molecule has 1 amide bonds. The zero-order valence-electron chi connectivity index (χ0n) is 13.8. The van der Waals surface area contributed by atoms with E-state index in [1.807, 2.05) is 0 Å². The van der Waals surface area contributed by atoms with Crippen LogP contribution in [0.15, 0.2) is 18.2 Å². The van der Waals surface area contributed by atoms with Gasteiger partial charge in [-0.1, -0.05) is 0 Å². The van der Waals surface area contributed by atoms with Crippen LogP contribution in [0.2, 0.25) is 0 Å². The minimum absolute atomic E-state index is 0.171. The van der Waals surface area contributed by atoms with Crippen molar-refractivity contribution in [2.24, 2.45) is 0 Å². The van der Waals surface area contributed by atoms with Gasteiger partial charge in [-0.2, -0.15) is 0 Å². The van der Waals surface area contributed by atoms with E-state index in [-0.39, 0.29) is 30.2 Å². The summed E-state index contributed by atoms with van der Waals surface area (Å²) in [5.41, 5.74) is 0.666. The average molecular weight is 335 g/mol. The van der Waals surface area contributed by atoms with Crippen molar-refractivity contribution < 1.29 is 28.6 Å². The van der Waals surface area contributed by atoms with Crippen LogP contribution < -0.4 is 5.32 Å². The van der Waals surface area contributed by atoms with Gasteiger partial charge in [0.05, 0.1) is 24.3 Å². The van der Waals surface area contributed by atoms with E-state index >= 15 is 0 Å². The molecule has 0 aromatic heterocycles. The van der Waals surface area contributed by atoms with Crippen molar-refractivity contribution in [1.29, 1.82) is 0 Å². The highest BCUT2D eigenvalue weighted by molar-refractivity contribution is 6.00. The molecule has 1 fully saturated rings. The van der Waals surface area contributed by atoms with E-state index in [4.69, 9.17) is 14.2 Å². The summed E-state index contributed by atoms with van der Waals surface area (Å²) in [5.74, 6) is -1.45. The van der Waals surface area contributed by atoms with E-state index in [9.17, 15) is 14.4 Å². The molecule has 7 heteroatoms. The van der Waals surface area contributed by atoms with E-state index in [0.29, 0.717) is 18.7 Å². The molecular formula is C17H21NO6. The molecule has 0 unspecified atom stereocenters. The monoisotopic (exact) mass is 335 g/mol. The number of carbonyl (C=O) groups is 3. The first kappa shape index (κ1) is 17.9. The molecule has 0 spiro atoms. The number of nitrogens with one attached hydrogen (secondary N) is 1. The van der Waals surface area contributed by atoms with Crippen LogP contribution in [0, 0.1) is 0 Å². The summed E-state index contributed by atoms with van der Waals surface area (Å²) in [4.78, 5) is 36.1. The molecule has 0 saturated carbocycles. The highest BCUT2D eigenvalue weighted by Gasteiger charge is 2.24. The minimum atomic E-state index is -0.573. The zero-order chi connectivity index (χ0) is 17.5. The average Bonchev–Trinajstić information content (AvgIpc) is 3.09. The Hall–Kier alpha value is -2.41. The van der Waals surface area contributed by atoms with Crippen LogP contribution >= 0.6 is 0 Å². The quantitative estimate of drug-likeness (QED) is 0.801. The Morgan fingerprint density at radius 3 is 2.12 bits per heavy atom. The van der Waals surface area contributed by atoms with Crippen LogP contribution in [0.3, 0.4) is 0 Å². The van der Waals surface area contributed by atoms with Gasteiger partial charge in [-0.25, -0.2) is 9.59 Å². The van der Waals surface area contributed by atoms with Gasteiger partial charge in [0.1, 0.15) is 6.10 Å². The van der Waals surface area contributed by atoms with Crippen LogP contribution in [0.4, 0.5) is 5.69 Å². The Balaban J connectivity index is 2.25. The van der Waals surface area contributed by atoms with Gasteiger partial charge >= 0.3 is 11.9 Å². The molecule has 1 aromatic rings. The predicted octanol–water partition coefficient (Wildman–Crippen LogP) is 2.16. The third-order valence-electron chi connectivity index (χ3n) is 3.44. The number of anilines is 1. The van der Waals surface area contributed by atoms with E-state index in [2.05, 4.69) is 5.32 Å². The summed E-state index contributed by atoms with van der Waals surface area (Å²) in [5, 5.41) is 2.68. The SMILES string of the molecule is CCOC(=O)c1cc(NC(=O)[C@H]2CCCO2)cc(C(=O)OCC)c1. The smallest absolute Gasteiger partial charge is 0.338 e. The molecule has 1 heterocycles. The number of ether oxygens (including phenoxy) is 3. The van der Waals surface area contributed by atoms with Crippen LogP contribution in [-0.2, 0) is 19.0 Å². The summed E-state index contributed by atoms with van der Waals surface area (Å²) in [6, 6.07) is 4.32. The molecule has 0 aliphatic carbocycles. The van der Waals surface area contributed by atoms with E-state index in [1.54, 1.807) is 13.8 Å². The predicted molar refractivity (Wildman–Crippen MR) is 86.0 cm³/mol. The highest BCUT2D eigenvalue weighted by Crippen LogP contribution is 2.20. The maximum absolute atomic E-state index is 12.2. The van der Waals surface area contributed by atoms with E-state index < -0.39 is 18.0 Å².